The molecule has 0 aliphatic rings. The van der Waals surface area contributed by atoms with Crippen LogP contribution in [-0.2, 0) is 0 Å². The molecular weight excluding hydrogens is 200 g/mol. The molecule has 0 aliphatic heterocycles. The lowest BCUT2D eigenvalue weighted by Gasteiger charge is -2.04. The minimum atomic E-state index is 0.439. The molecule has 74 valence electrons. The van der Waals surface area contributed by atoms with Crippen molar-refractivity contribution >= 4 is 24.0 Å². The smallest absolute Gasteiger partial charge is 0.150 e. The number of allylic oxidation sites excluding steroid dienone is 1. The molecule has 0 amide bonds. The lowest BCUT2D eigenvalue weighted by atomic mass is 10.1. The predicted molar refractivity (Wildman–Crippen MR) is 58.1 cm³/mol. The van der Waals surface area contributed by atoms with E-state index in [9.17, 15) is 4.79 Å². The second-order valence-corrected chi connectivity index (χ2v) is 2.98. The van der Waals surface area contributed by atoms with Crippen LogP contribution in [0, 0.1) is 0 Å². The Hall–Kier alpha value is -1.28. The van der Waals surface area contributed by atoms with Gasteiger partial charge in [-0.15, -0.1) is 11.6 Å². The van der Waals surface area contributed by atoms with Gasteiger partial charge in [0, 0.05) is 17.0 Å². The standard InChI is InChI=1S/C11H11ClO2/c1-14-11-5-4-9(8-13)7-10(11)3-2-6-12/h2-5,7-8H,6H2,1H3. The third kappa shape index (κ3) is 2.60. The summed E-state index contributed by atoms with van der Waals surface area (Å²) in [6.07, 6.45) is 4.43. The zero-order chi connectivity index (χ0) is 10.4. The van der Waals surface area contributed by atoms with E-state index in [1.54, 1.807) is 31.4 Å². The van der Waals surface area contributed by atoms with E-state index in [1.165, 1.54) is 0 Å². The van der Waals surface area contributed by atoms with Crippen LogP contribution in [-0.4, -0.2) is 19.3 Å². The molecule has 0 spiro atoms. The van der Waals surface area contributed by atoms with Gasteiger partial charge in [0.2, 0.25) is 0 Å². The predicted octanol–water partition coefficient (Wildman–Crippen LogP) is 2.76. The van der Waals surface area contributed by atoms with Crippen LogP contribution in [0.4, 0.5) is 0 Å². The maximum atomic E-state index is 10.5. The number of ether oxygens (including phenoxy) is 1. The van der Waals surface area contributed by atoms with Crippen molar-refractivity contribution in [1.82, 2.24) is 0 Å². The number of aldehydes is 1. The van der Waals surface area contributed by atoms with Crippen LogP contribution in [0.25, 0.3) is 6.08 Å². The number of alkyl halides is 1. The topological polar surface area (TPSA) is 26.3 Å². The summed E-state index contributed by atoms with van der Waals surface area (Å²) in [6, 6.07) is 5.23. The largest absolute Gasteiger partial charge is 0.496 e. The fourth-order valence-corrected chi connectivity index (χ4v) is 1.22. The van der Waals surface area contributed by atoms with E-state index in [1.807, 2.05) is 6.08 Å². The van der Waals surface area contributed by atoms with Crippen molar-refractivity contribution in [3.63, 3.8) is 0 Å². The first kappa shape index (κ1) is 10.8. The fourth-order valence-electron chi connectivity index (χ4n) is 1.13. The molecule has 0 heterocycles. The molecule has 0 fully saturated rings. The molecule has 0 aliphatic carbocycles. The second kappa shape index (κ2) is 5.45. The normalized spacial score (nSPS) is 10.4. The first-order chi connectivity index (χ1) is 6.81. The van der Waals surface area contributed by atoms with Gasteiger partial charge in [0.25, 0.3) is 0 Å². The highest BCUT2D eigenvalue weighted by molar-refractivity contribution is 6.19. The molecule has 0 bridgehead atoms. The summed E-state index contributed by atoms with van der Waals surface area (Å²) in [5.74, 6) is 1.17. The Labute approximate surface area is 88.1 Å². The van der Waals surface area contributed by atoms with E-state index in [4.69, 9.17) is 16.3 Å². The molecule has 0 saturated carbocycles. The van der Waals surface area contributed by atoms with Crippen LogP contribution in [0.15, 0.2) is 24.3 Å². The van der Waals surface area contributed by atoms with Crippen LogP contribution in [0.2, 0.25) is 0 Å². The van der Waals surface area contributed by atoms with Gasteiger partial charge in [-0.25, -0.2) is 0 Å². The number of hydrogen-bond donors (Lipinski definition) is 0. The zero-order valence-corrected chi connectivity index (χ0v) is 8.62. The van der Waals surface area contributed by atoms with Crippen molar-refractivity contribution in [3.05, 3.63) is 35.4 Å². The van der Waals surface area contributed by atoms with Crippen LogP contribution in [0.1, 0.15) is 15.9 Å². The van der Waals surface area contributed by atoms with Crippen molar-refractivity contribution in [3.8, 4) is 5.75 Å². The Morgan fingerprint density at radius 1 is 1.50 bits per heavy atom. The number of methoxy groups -OCH3 is 1. The van der Waals surface area contributed by atoms with Gasteiger partial charge in [0.15, 0.2) is 0 Å². The van der Waals surface area contributed by atoms with E-state index in [0.29, 0.717) is 11.4 Å². The number of carbonyl (C=O) groups excluding carboxylic acids is 1. The van der Waals surface area contributed by atoms with Gasteiger partial charge in [-0.05, 0) is 18.2 Å². The van der Waals surface area contributed by atoms with Gasteiger partial charge in [-0.3, -0.25) is 4.79 Å². The molecule has 1 rings (SSSR count). The fraction of sp³-hybridized carbons (Fsp3) is 0.182. The summed E-state index contributed by atoms with van der Waals surface area (Å²) >= 11 is 5.52. The van der Waals surface area contributed by atoms with E-state index >= 15 is 0 Å². The quantitative estimate of drug-likeness (QED) is 0.564. The molecule has 0 saturated heterocycles. The lowest BCUT2D eigenvalue weighted by Crippen LogP contribution is -1.89. The highest BCUT2D eigenvalue weighted by Crippen LogP contribution is 2.20. The average molecular weight is 211 g/mol. The third-order valence-electron chi connectivity index (χ3n) is 1.78. The van der Waals surface area contributed by atoms with E-state index in [0.717, 1.165) is 17.6 Å². The molecule has 1 aromatic rings. The van der Waals surface area contributed by atoms with E-state index in [-0.39, 0.29) is 0 Å². The van der Waals surface area contributed by atoms with Gasteiger partial charge in [0.05, 0.1) is 7.11 Å². The molecule has 0 radical (unpaired) electrons. The maximum Gasteiger partial charge on any atom is 0.150 e. The summed E-state index contributed by atoms with van der Waals surface area (Å²) in [4.78, 5) is 10.5. The SMILES string of the molecule is COc1ccc(C=O)cc1C=CCCl. The van der Waals surface area contributed by atoms with Crippen LogP contribution >= 0.6 is 11.6 Å². The van der Waals surface area contributed by atoms with Crippen molar-refractivity contribution in [1.29, 1.82) is 0 Å². The molecule has 0 unspecified atom stereocenters. The van der Waals surface area contributed by atoms with Gasteiger partial charge in [-0.1, -0.05) is 12.2 Å². The maximum absolute atomic E-state index is 10.5. The molecule has 14 heavy (non-hydrogen) atoms. The molecule has 0 N–H and O–H groups in total. The average Bonchev–Trinajstić information content (AvgIpc) is 2.25. The number of carbonyl (C=O) groups is 1. The highest BCUT2D eigenvalue weighted by atomic mass is 35.5. The summed E-state index contributed by atoms with van der Waals surface area (Å²) in [7, 11) is 1.59. The minimum absolute atomic E-state index is 0.439. The van der Waals surface area contributed by atoms with Crippen molar-refractivity contribution in [2.75, 3.05) is 13.0 Å². The minimum Gasteiger partial charge on any atom is -0.496 e. The number of hydrogen-bond acceptors (Lipinski definition) is 2. The summed E-state index contributed by atoms with van der Waals surface area (Å²) < 4.78 is 5.13. The highest BCUT2D eigenvalue weighted by Gasteiger charge is 2.00. The van der Waals surface area contributed by atoms with Crippen molar-refractivity contribution < 1.29 is 9.53 Å². The number of benzene rings is 1. The first-order valence-electron chi connectivity index (χ1n) is 4.17. The Kier molecular flexibility index (Phi) is 4.20. The van der Waals surface area contributed by atoms with Gasteiger partial charge >= 0.3 is 0 Å². The van der Waals surface area contributed by atoms with Crippen LogP contribution in [0.5, 0.6) is 5.75 Å². The van der Waals surface area contributed by atoms with Crippen molar-refractivity contribution in [2.45, 2.75) is 0 Å². The van der Waals surface area contributed by atoms with Gasteiger partial charge < -0.3 is 4.74 Å². The second-order valence-electron chi connectivity index (χ2n) is 2.68. The Morgan fingerprint density at radius 3 is 2.86 bits per heavy atom. The zero-order valence-electron chi connectivity index (χ0n) is 7.87. The van der Waals surface area contributed by atoms with E-state index < -0.39 is 0 Å². The Morgan fingerprint density at radius 2 is 2.29 bits per heavy atom. The summed E-state index contributed by atoms with van der Waals surface area (Å²) in [6.45, 7) is 0. The number of rotatable bonds is 4. The third-order valence-corrected chi connectivity index (χ3v) is 1.95. The van der Waals surface area contributed by atoms with Gasteiger partial charge in [0.1, 0.15) is 12.0 Å². The van der Waals surface area contributed by atoms with E-state index in [2.05, 4.69) is 0 Å². The molecule has 3 heteroatoms. The van der Waals surface area contributed by atoms with Crippen LogP contribution in [0.3, 0.4) is 0 Å². The Bertz CT molecular complexity index is 345. The molecule has 0 atom stereocenters. The summed E-state index contributed by atoms with van der Waals surface area (Å²) in [5, 5.41) is 0. The molecule has 2 nitrogen and oxygen atoms in total. The number of halogens is 1. The van der Waals surface area contributed by atoms with Gasteiger partial charge in [-0.2, -0.15) is 0 Å². The summed E-state index contributed by atoms with van der Waals surface area (Å²) in [5.41, 5.74) is 1.48. The Balaban J connectivity index is 3.07. The monoisotopic (exact) mass is 210 g/mol. The first-order valence-corrected chi connectivity index (χ1v) is 4.71. The lowest BCUT2D eigenvalue weighted by molar-refractivity contribution is 0.112. The van der Waals surface area contributed by atoms with Crippen LogP contribution < -0.4 is 4.74 Å². The molecule has 1 aromatic carbocycles. The molecule has 0 aromatic heterocycles. The molecular formula is C11H11ClO2. The van der Waals surface area contributed by atoms with Crippen molar-refractivity contribution in [2.24, 2.45) is 0 Å².